The van der Waals surface area contributed by atoms with Gasteiger partial charge in [0.2, 0.25) is 5.82 Å². The van der Waals surface area contributed by atoms with Gasteiger partial charge in [0.05, 0.1) is 11.0 Å². The summed E-state index contributed by atoms with van der Waals surface area (Å²) in [5.41, 5.74) is 0.0731. The number of nitrogens with zero attached hydrogens (tertiary/aromatic N) is 5. The molecule has 116 valence electrons. The van der Waals surface area contributed by atoms with E-state index < -0.39 is 0 Å². The van der Waals surface area contributed by atoms with Crippen LogP contribution in [0, 0.1) is 10.1 Å². The number of rotatable bonds is 4. The van der Waals surface area contributed by atoms with Gasteiger partial charge in [-0.2, -0.15) is 0 Å². The first-order valence-corrected chi connectivity index (χ1v) is 8.02. The SMILES string of the molecule is CC(c1nccs1)N1CCN(c2ncccc2[N+](=O)[O-])CC1. The lowest BCUT2D eigenvalue weighted by Gasteiger charge is -2.37. The number of piperazine rings is 1. The van der Waals surface area contributed by atoms with E-state index in [1.54, 1.807) is 23.6 Å². The molecule has 2 aromatic heterocycles. The Morgan fingerprint density at radius 1 is 1.27 bits per heavy atom. The molecule has 0 aromatic carbocycles. The largest absolute Gasteiger partial charge is 0.348 e. The van der Waals surface area contributed by atoms with Crippen LogP contribution in [0.15, 0.2) is 29.9 Å². The van der Waals surface area contributed by atoms with Gasteiger partial charge in [-0.1, -0.05) is 0 Å². The van der Waals surface area contributed by atoms with Crippen molar-refractivity contribution < 1.29 is 4.92 Å². The van der Waals surface area contributed by atoms with Gasteiger partial charge < -0.3 is 4.90 Å². The van der Waals surface area contributed by atoms with E-state index in [1.165, 1.54) is 6.07 Å². The highest BCUT2D eigenvalue weighted by Gasteiger charge is 2.27. The van der Waals surface area contributed by atoms with Crippen molar-refractivity contribution in [1.82, 2.24) is 14.9 Å². The van der Waals surface area contributed by atoms with E-state index in [0.717, 1.165) is 31.2 Å². The Morgan fingerprint density at radius 2 is 2.05 bits per heavy atom. The molecule has 0 radical (unpaired) electrons. The minimum atomic E-state index is -0.368. The molecular formula is C14H17N5O2S. The second-order valence-electron chi connectivity index (χ2n) is 5.17. The van der Waals surface area contributed by atoms with Gasteiger partial charge >= 0.3 is 5.69 Å². The van der Waals surface area contributed by atoms with E-state index in [4.69, 9.17) is 0 Å². The molecule has 22 heavy (non-hydrogen) atoms. The fourth-order valence-electron chi connectivity index (χ4n) is 2.69. The fraction of sp³-hybridized carbons (Fsp3) is 0.429. The van der Waals surface area contributed by atoms with Gasteiger partial charge in [0, 0.05) is 50.0 Å². The fourth-order valence-corrected chi connectivity index (χ4v) is 3.42. The molecule has 1 unspecified atom stereocenters. The average Bonchev–Trinajstić information content (AvgIpc) is 3.09. The van der Waals surface area contributed by atoms with Crippen molar-refractivity contribution in [2.75, 3.05) is 31.1 Å². The predicted octanol–water partition coefficient (Wildman–Crippen LogP) is 2.33. The number of anilines is 1. The number of aromatic nitrogens is 2. The summed E-state index contributed by atoms with van der Waals surface area (Å²) >= 11 is 1.66. The minimum Gasteiger partial charge on any atom is -0.348 e. The summed E-state index contributed by atoms with van der Waals surface area (Å²) in [5.74, 6) is 0.467. The average molecular weight is 319 g/mol. The first kappa shape index (κ1) is 14.9. The van der Waals surface area contributed by atoms with E-state index in [1.807, 2.05) is 16.5 Å². The van der Waals surface area contributed by atoms with Crippen molar-refractivity contribution >= 4 is 22.8 Å². The maximum Gasteiger partial charge on any atom is 0.311 e. The molecule has 3 rings (SSSR count). The number of hydrogen-bond donors (Lipinski definition) is 0. The molecule has 7 nitrogen and oxygen atoms in total. The van der Waals surface area contributed by atoms with Gasteiger partial charge in [0.1, 0.15) is 5.01 Å². The lowest BCUT2D eigenvalue weighted by Crippen LogP contribution is -2.47. The summed E-state index contributed by atoms with van der Waals surface area (Å²) in [6.45, 7) is 5.29. The van der Waals surface area contributed by atoms with E-state index >= 15 is 0 Å². The van der Waals surface area contributed by atoms with Crippen LogP contribution < -0.4 is 4.90 Å². The molecule has 0 bridgehead atoms. The Balaban J connectivity index is 1.68. The summed E-state index contributed by atoms with van der Waals surface area (Å²) in [5, 5.41) is 14.2. The van der Waals surface area contributed by atoms with Crippen molar-refractivity contribution in [3.8, 4) is 0 Å². The zero-order chi connectivity index (χ0) is 15.5. The summed E-state index contributed by atoms with van der Waals surface area (Å²) in [6.07, 6.45) is 3.43. The molecule has 0 aliphatic carbocycles. The van der Waals surface area contributed by atoms with Gasteiger partial charge in [-0.05, 0) is 13.0 Å². The molecule has 1 saturated heterocycles. The standard InChI is InChI=1S/C14H17N5O2S/c1-11(14-16-5-10-22-14)17-6-8-18(9-7-17)13-12(19(20)21)3-2-4-15-13/h2-5,10-11H,6-9H2,1H3. The molecule has 1 fully saturated rings. The molecule has 0 amide bonds. The molecular weight excluding hydrogens is 302 g/mol. The summed E-state index contributed by atoms with van der Waals surface area (Å²) in [4.78, 5) is 23.7. The van der Waals surface area contributed by atoms with Crippen molar-refractivity contribution in [2.45, 2.75) is 13.0 Å². The number of hydrogen-bond acceptors (Lipinski definition) is 7. The molecule has 3 heterocycles. The lowest BCUT2D eigenvalue weighted by molar-refractivity contribution is -0.384. The monoisotopic (exact) mass is 319 g/mol. The zero-order valence-corrected chi connectivity index (χ0v) is 13.1. The van der Waals surface area contributed by atoms with Crippen molar-refractivity contribution in [2.24, 2.45) is 0 Å². The molecule has 0 saturated carbocycles. The Hall–Kier alpha value is -2.06. The van der Waals surface area contributed by atoms with Gasteiger partial charge in [-0.25, -0.2) is 9.97 Å². The van der Waals surface area contributed by atoms with Crippen molar-refractivity contribution in [3.63, 3.8) is 0 Å². The van der Waals surface area contributed by atoms with Crippen LogP contribution in [0.2, 0.25) is 0 Å². The molecule has 0 spiro atoms. The van der Waals surface area contributed by atoms with Crippen molar-refractivity contribution in [3.05, 3.63) is 45.0 Å². The van der Waals surface area contributed by atoms with Crippen LogP contribution in [0.5, 0.6) is 0 Å². The second-order valence-corrected chi connectivity index (χ2v) is 6.10. The summed E-state index contributed by atoms with van der Waals surface area (Å²) in [7, 11) is 0. The van der Waals surface area contributed by atoms with Crippen LogP contribution in [0.25, 0.3) is 0 Å². The minimum absolute atomic E-state index is 0.0731. The Morgan fingerprint density at radius 3 is 2.68 bits per heavy atom. The quantitative estimate of drug-likeness (QED) is 0.636. The molecule has 0 N–H and O–H groups in total. The third kappa shape index (κ3) is 2.93. The maximum atomic E-state index is 11.1. The van der Waals surface area contributed by atoms with Crippen LogP contribution in [-0.2, 0) is 0 Å². The van der Waals surface area contributed by atoms with Gasteiger partial charge in [0.25, 0.3) is 0 Å². The number of nitro groups is 1. The number of thiazole rings is 1. The molecule has 8 heteroatoms. The van der Waals surface area contributed by atoms with Crippen LogP contribution >= 0.6 is 11.3 Å². The van der Waals surface area contributed by atoms with Crippen molar-refractivity contribution in [1.29, 1.82) is 0 Å². The number of pyridine rings is 1. The third-order valence-electron chi connectivity index (χ3n) is 3.93. The highest BCUT2D eigenvalue weighted by molar-refractivity contribution is 7.09. The Bertz CT molecular complexity index is 640. The van der Waals surface area contributed by atoms with E-state index in [9.17, 15) is 10.1 Å². The highest BCUT2D eigenvalue weighted by atomic mass is 32.1. The maximum absolute atomic E-state index is 11.1. The molecule has 2 aromatic rings. The Kier molecular flexibility index (Phi) is 4.30. The summed E-state index contributed by atoms with van der Waals surface area (Å²) in [6, 6.07) is 3.39. The van der Waals surface area contributed by atoms with Gasteiger partial charge in [-0.15, -0.1) is 11.3 Å². The van der Waals surface area contributed by atoms with Crippen LogP contribution in [0.4, 0.5) is 11.5 Å². The van der Waals surface area contributed by atoms with Crippen LogP contribution in [-0.4, -0.2) is 46.0 Å². The van der Waals surface area contributed by atoms with Crippen LogP contribution in [0.3, 0.4) is 0 Å². The molecule has 1 aliphatic heterocycles. The predicted molar refractivity (Wildman–Crippen MR) is 85.2 cm³/mol. The van der Waals surface area contributed by atoms with Gasteiger partial charge in [-0.3, -0.25) is 15.0 Å². The van der Waals surface area contributed by atoms with Crippen LogP contribution in [0.1, 0.15) is 18.0 Å². The smallest absolute Gasteiger partial charge is 0.311 e. The first-order valence-electron chi connectivity index (χ1n) is 7.14. The normalized spacial score (nSPS) is 17.4. The zero-order valence-electron chi connectivity index (χ0n) is 12.3. The lowest BCUT2D eigenvalue weighted by atomic mass is 10.2. The first-order chi connectivity index (χ1) is 10.7. The van der Waals surface area contributed by atoms with E-state index in [-0.39, 0.29) is 16.7 Å². The molecule has 1 aliphatic rings. The third-order valence-corrected chi connectivity index (χ3v) is 4.88. The Labute approximate surface area is 132 Å². The molecule has 1 atom stereocenters. The summed E-state index contributed by atoms with van der Waals surface area (Å²) < 4.78 is 0. The van der Waals surface area contributed by atoms with Gasteiger partial charge in [0.15, 0.2) is 0 Å². The topological polar surface area (TPSA) is 75.4 Å². The van der Waals surface area contributed by atoms with E-state index in [0.29, 0.717) is 5.82 Å². The van der Waals surface area contributed by atoms with E-state index in [2.05, 4.69) is 21.8 Å². The second kappa shape index (κ2) is 6.37. The highest BCUT2D eigenvalue weighted by Crippen LogP contribution is 2.28.